The third kappa shape index (κ3) is 4.36. The van der Waals surface area contributed by atoms with Crippen LogP contribution in [0.15, 0.2) is 65.2 Å². The Morgan fingerprint density at radius 3 is 2.40 bits per heavy atom. The second-order valence-corrected chi connectivity index (χ2v) is 7.58. The summed E-state index contributed by atoms with van der Waals surface area (Å²) in [4.78, 5) is 38.1. The van der Waals surface area contributed by atoms with Gasteiger partial charge < -0.3 is 10.5 Å². The summed E-state index contributed by atoms with van der Waals surface area (Å²) in [6.07, 6.45) is 0.358. The lowest BCUT2D eigenvalue weighted by Gasteiger charge is -2.18. The van der Waals surface area contributed by atoms with Crippen LogP contribution in [0.25, 0.3) is 0 Å². The maximum atomic E-state index is 13.2. The molecule has 2 aromatic rings. The summed E-state index contributed by atoms with van der Waals surface area (Å²) >= 11 is 1.14. The lowest BCUT2D eigenvalue weighted by molar-refractivity contribution is -0.117. The Kier molecular flexibility index (Phi) is 6.54. The largest absolute Gasteiger partial charge is 0.462 e. The normalized spacial score (nSPS) is 17.4. The van der Waals surface area contributed by atoms with Gasteiger partial charge in [-0.15, -0.1) is 0 Å². The fourth-order valence-corrected chi connectivity index (χ4v) is 4.33. The van der Waals surface area contributed by atoms with E-state index in [1.165, 1.54) is 4.90 Å². The third-order valence-corrected chi connectivity index (χ3v) is 5.69. The molecule has 0 aliphatic carbocycles. The summed E-state index contributed by atoms with van der Waals surface area (Å²) in [5, 5.41) is 9.09. The molecule has 0 aromatic heterocycles. The molecule has 1 fully saturated rings. The number of nitriles is 1. The van der Waals surface area contributed by atoms with Crippen LogP contribution in [0.5, 0.6) is 0 Å². The molecule has 1 aliphatic rings. The van der Waals surface area contributed by atoms with Crippen molar-refractivity contribution in [3.63, 3.8) is 0 Å². The van der Waals surface area contributed by atoms with E-state index in [9.17, 15) is 19.6 Å². The average Bonchev–Trinajstić information content (AvgIpc) is 3.05. The van der Waals surface area contributed by atoms with Gasteiger partial charge in [-0.25, -0.2) is 4.79 Å². The molecule has 1 atom stereocenters. The SMILES string of the molecule is CCOC(=O)c1ccc(C[C@@H]2S/C(=C(/C#N)C(N)=O)N(c3ccccc3)C2=O)cc1. The molecule has 7 nitrogen and oxygen atoms in total. The zero-order chi connectivity index (χ0) is 21.7. The molecule has 0 spiro atoms. The van der Waals surface area contributed by atoms with E-state index in [2.05, 4.69) is 0 Å². The van der Waals surface area contributed by atoms with Crippen molar-refractivity contribution in [2.75, 3.05) is 11.5 Å². The van der Waals surface area contributed by atoms with Crippen LogP contribution < -0.4 is 10.6 Å². The van der Waals surface area contributed by atoms with Crippen LogP contribution in [0, 0.1) is 11.3 Å². The van der Waals surface area contributed by atoms with Gasteiger partial charge in [0.25, 0.3) is 5.91 Å². The summed E-state index contributed by atoms with van der Waals surface area (Å²) < 4.78 is 4.97. The first-order chi connectivity index (χ1) is 14.5. The van der Waals surface area contributed by atoms with Crippen molar-refractivity contribution in [2.45, 2.75) is 18.6 Å². The zero-order valence-corrected chi connectivity index (χ0v) is 17.0. The number of thioether (sulfide) groups is 1. The number of para-hydroxylation sites is 1. The maximum absolute atomic E-state index is 13.2. The Bertz CT molecular complexity index is 1040. The summed E-state index contributed by atoms with van der Waals surface area (Å²) in [6, 6.07) is 17.4. The minimum absolute atomic E-state index is 0.231. The molecule has 2 aromatic carbocycles. The lowest BCUT2D eigenvalue weighted by atomic mass is 10.1. The highest BCUT2D eigenvalue weighted by Crippen LogP contribution is 2.41. The Balaban J connectivity index is 1.90. The molecule has 0 bridgehead atoms. The molecule has 0 radical (unpaired) electrons. The van der Waals surface area contributed by atoms with Crippen LogP contribution in [0.3, 0.4) is 0 Å². The highest BCUT2D eigenvalue weighted by Gasteiger charge is 2.40. The van der Waals surface area contributed by atoms with E-state index in [1.54, 1.807) is 55.5 Å². The van der Waals surface area contributed by atoms with E-state index in [1.807, 2.05) is 12.1 Å². The number of carbonyl (C=O) groups excluding carboxylic acids is 3. The number of primary amides is 1. The summed E-state index contributed by atoms with van der Waals surface area (Å²) in [7, 11) is 0. The first-order valence-electron chi connectivity index (χ1n) is 9.22. The fourth-order valence-electron chi connectivity index (χ4n) is 3.02. The molecule has 152 valence electrons. The van der Waals surface area contributed by atoms with Gasteiger partial charge in [-0.05, 0) is 43.2 Å². The maximum Gasteiger partial charge on any atom is 0.338 e. The van der Waals surface area contributed by atoms with Gasteiger partial charge in [-0.3, -0.25) is 14.5 Å². The third-order valence-electron chi connectivity index (χ3n) is 4.43. The number of ether oxygens (including phenoxy) is 1. The standard InChI is InChI=1S/C22H19N3O4S/c1-2-29-22(28)15-10-8-14(9-11-15)12-18-20(27)25(16-6-4-3-5-7-16)21(30-18)17(13-23)19(24)26/h3-11,18H,2,12H2,1H3,(H2,24,26)/b21-17-/t18-/m0/s1. The molecule has 3 rings (SSSR count). The van der Waals surface area contributed by atoms with Crippen molar-refractivity contribution < 1.29 is 19.1 Å². The number of benzene rings is 2. The number of rotatable bonds is 6. The number of hydrogen-bond acceptors (Lipinski definition) is 6. The van der Waals surface area contributed by atoms with E-state index < -0.39 is 17.1 Å². The van der Waals surface area contributed by atoms with Crippen LogP contribution in [0.4, 0.5) is 5.69 Å². The van der Waals surface area contributed by atoms with Gasteiger partial charge in [0.05, 0.1) is 17.4 Å². The Morgan fingerprint density at radius 2 is 1.83 bits per heavy atom. The first-order valence-corrected chi connectivity index (χ1v) is 10.1. The monoisotopic (exact) mass is 421 g/mol. The van der Waals surface area contributed by atoms with Crippen LogP contribution in [-0.4, -0.2) is 29.6 Å². The number of carbonyl (C=O) groups is 3. The molecule has 2 N–H and O–H groups in total. The molecule has 1 saturated heterocycles. The predicted molar refractivity (Wildman–Crippen MR) is 113 cm³/mol. The topological polar surface area (TPSA) is 113 Å². The second-order valence-electron chi connectivity index (χ2n) is 6.39. The number of nitrogens with zero attached hydrogens (tertiary/aromatic N) is 2. The smallest absolute Gasteiger partial charge is 0.338 e. The molecule has 0 unspecified atom stereocenters. The number of anilines is 1. The van der Waals surface area contributed by atoms with Crippen LogP contribution in [0.2, 0.25) is 0 Å². The van der Waals surface area contributed by atoms with Crippen molar-refractivity contribution in [1.29, 1.82) is 5.26 Å². The van der Waals surface area contributed by atoms with E-state index in [0.29, 0.717) is 24.3 Å². The second kappa shape index (κ2) is 9.29. The minimum atomic E-state index is -0.881. The number of hydrogen-bond donors (Lipinski definition) is 1. The molecule has 1 heterocycles. The van der Waals surface area contributed by atoms with Crippen molar-refractivity contribution in [2.24, 2.45) is 5.73 Å². The summed E-state index contributed by atoms with van der Waals surface area (Å²) in [5.41, 5.74) is 6.93. The molecule has 2 amide bonds. The minimum Gasteiger partial charge on any atom is -0.462 e. The van der Waals surface area contributed by atoms with Crippen LogP contribution in [-0.2, 0) is 20.7 Å². The Hall–Kier alpha value is -3.57. The van der Waals surface area contributed by atoms with Gasteiger partial charge in [0.2, 0.25) is 5.91 Å². The highest BCUT2D eigenvalue weighted by molar-refractivity contribution is 8.05. The lowest BCUT2D eigenvalue weighted by Crippen LogP contribution is -2.31. The van der Waals surface area contributed by atoms with Gasteiger partial charge in [0.15, 0.2) is 0 Å². The van der Waals surface area contributed by atoms with Gasteiger partial charge >= 0.3 is 5.97 Å². The predicted octanol–water partition coefficient (Wildman–Crippen LogP) is 2.77. The summed E-state index contributed by atoms with van der Waals surface area (Å²) in [6.45, 7) is 2.03. The Labute approximate surface area is 178 Å². The number of nitrogens with two attached hydrogens (primary N) is 1. The van der Waals surface area contributed by atoms with E-state index >= 15 is 0 Å². The van der Waals surface area contributed by atoms with Crippen LogP contribution in [0.1, 0.15) is 22.8 Å². The van der Waals surface area contributed by atoms with Crippen molar-refractivity contribution >= 4 is 35.2 Å². The Morgan fingerprint density at radius 1 is 1.17 bits per heavy atom. The highest BCUT2D eigenvalue weighted by atomic mass is 32.2. The van der Waals surface area contributed by atoms with Gasteiger partial charge in [-0.2, -0.15) is 5.26 Å². The molecule has 1 aliphatic heterocycles. The van der Waals surface area contributed by atoms with E-state index in [0.717, 1.165) is 17.3 Å². The molecule has 30 heavy (non-hydrogen) atoms. The van der Waals surface area contributed by atoms with Crippen molar-refractivity contribution in [1.82, 2.24) is 0 Å². The zero-order valence-electron chi connectivity index (χ0n) is 16.2. The van der Waals surface area contributed by atoms with Crippen molar-refractivity contribution in [3.8, 4) is 6.07 Å². The first kappa shape index (κ1) is 21.1. The molecular formula is C22H19N3O4S. The molecular weight excluding hydrogens is 402 g/mol. The summed E-state index contributed by atoms with van der Waals surface area (Å²) in [5.74, 6) is -1.53. The molecule has 8 heteroatoms. The number of esters is 1. The quantitative estimate of drug-likeness (QED) is 0.436. The fraction of sp³-hybridized carbons (Fsp3) is 0.182. The average molecular weight is 421 g/mol. The van der Waals surface area contributed by atoms with E-state index in [4.69, 9.17) is 10.5 Å². The van der Waals surface area contributed by atoms with Crippen LogP contribution >= 0.6 is 11.8 Å². The molecule has 0 saturated carbocycles. The number of amides is 2. The van der Waals surface area contributed by atoms with E-state index in [-0.39, 0.29) is 16.5 Å². The van der Waals surface area contributed by atoms with Gasteiger partial charge in [0.1, 0.15) is 16.7 Å². The van der Waals surface area contributed by atoms with Gasteiger partial charge in [-0.1, -0.05) is 42.1 Å². The van der Waals surface area contributed by atoms with Gasteiger partial charge in [0, 0.05) is 5.69 Å². The van der Waals surface area contributed by atoms with Crippen molar-refractivity contribution in [3.05, 3.63) is 76.3 Å².